The molecule has 94 valence electrons. The van der Waals surface area contributed by atoms with Crippen LogP contribution in [0, 0.1) is 0 Å². The summed E-state index contributed by atoms with van der Waals surface area (Å²) in [5, 5.41) is 0. The monoisotopic (exact) mass is 262 g/mol. The Bertz CT molecular complexity index is 468. The Morgan fingerprint density at radius 3 is 2.28 bits per heavy atom. The molecule has 2 aromatic rings. The fourth-order valence-electron chi connectivity index (χ4n) is 1.59. The maximum Gasteiger partial charge on any atom is 0.156 e. The van der Waals surface area contributed by atoms with Crippen LogP contribution in [-0.2, 0) is 11.3 Å². The summed E-state index contributed by atoms with van der Waals surface area (Å²) in [5.41, 5.74) is 1.66. The highest BCUT2D eigenvalue weighted by Gasteiger charge is 2.05. The van der Waals surface area contributed by atoms with E-state index in [9.17, 15) is 0 Å². The molecular weight excluding hydrogens is 248 g/mol. The largest absolute Gasteiger partial charge is 0.489 e. The normalized spacial score (nSPS) is 12.1. The van der Waals surface area contributed by atoms with Crippen LogP contribution in [0.4, 0.5) is 0 Å². The highest BCUT2D eigenvalue weighted by atomic mass is 35.5. The third kappa shape index (κ3) is 3.49. The SMILES string of the molecule is COC(Cl)c1ccc(OCc2ccccc2)cc1. The molecule has 0 saturated carbocycles. The van der Waals surface area contributed by atoms with E-state index >= 15 is 0 Å². The van der Waals surface area contributed by atoms with Gasteiger partial charge in [0.15, 0.2) is 5.56 Å². The third-order valence-corrected chi connectivity index (χ3v) is 3.03. The fourth-order valence-corrected chi connectivity index (χ4v) is 1.74. The summed E-state index contributed by atoms with van der Waals surface area (Å²) in [6.07, 6.45) is 0. The summed E-state index contributed by atoms with van der Waals surface area (Å²) in [6.45, 7) is 0.564. The molecule has 0 spiro atoms. The summed E-state index contributed by atoms with van der Waals surface area (Å²) >= 11 is 5.95. The van der Waals surface area contributed by atoms with Gasteiger partial charge < -0.3 is 9.47 Å². The summed E-state index contributed by atoms with van der Waals surface area (Å²) in [5.74, 6) is 0.822. The van der Waals surface area contributed by atoms with Crippen LogP contribution < -0.4 is 4.74 Å². The third-order valence-electron chi connectivity index (χ3n) is 2.60. The summed E-state index contributed by atoms with van der Waals surface area (Å²) < 4.78 is 10.7. The predicted molar refractivity (Wildman–Crippen MR) is 72.8 cm³/mol. The Morgan fingerprint density at radius 1 is 1.00 bits per heavy atom. The molecule has 2 nitrogen and oxygen atoms in total. The molecule has 0 amide bonds. The van der Waals surface area contributed by atoms with Crippen LogP contribution in [0.2, 0.25) is 0 Å². The minimum atomic E-state index is -0.409. The molecule has 1 atom stereocenters. The second kappa shape index (κ2) is 6.43. The van der Waals surface area contributed by atoms with E-state index in [-0.39, 0.29) is 0 Å². The van der Waals surface area contributed by atoms with Gasteiger partial charge in [0.1, 0.15) is 12.4 Å². The van der Waals surface area contributed by atoms with Gasteiger partial charge in [-0.3, -0.25) is 0 Å². The molecule has 0 bridgehead atoms. The van der Waals surface area contributed by atoms with Gasteiger partial charge in [-0.05, 0) is 23.3 Å². The van der Waals surface area contributed by atoms with E-state index in [1.165, 1.54) is 0 Å². The summed E-state index contributed by atoms with van der Waals surface area (Å²) in [4.78, 5) is 0. The van der Waals surface area contributed by atoms with E-state index in [2.05, 4.69) is 0 Å². The molecule has 0 aliphatic heterocycles. The van der Waals surface area contributed by atoms with Gasteiger partial charge in [0.2, 0.25) is 0 Å². The molecule has 0 N–H and O–H groups in total. The number of methoxy groups -OCH3 is 1. The van der Waals surface area contributed by atoms with Gasteiger partial charge in [-0.2, -0.15) is 0 Å². The second-order valence-corrected chi connectivity index (χ2v) is 4.29. The summed E-state index contributed by atoms with van der Waals surface area (Å²) in [7, 11) is 1.58. The highest BCUT2D eigenvalue weighted by Crippen LogP contribution is 2.23. The van der Waals surface area contributed by atoms with E-state index in [4.69, 9.17) is 21.1 Å². The Hall–Kier alpha value is -1.51. The maximum atomic E-state index is 5.95. The Morgan fingerprint density at radius 2 is 1.67 bits per heavy atom. The van der Waals surface area contributed by atoms with Gasteiger partial charge in [0.25, 0.3) is 0 Å². The number of rotatable bonds is 5. The minimum absolute atomic E-state index is 0.409. The lowest BCUT2D eigenvalue weighted by atomic mass is 10.2. The molecule has 0 aromatic heterocycles. The first-order valence-corrected chi connectivity index (χ1v) is 6.17. The number of benzene rings is 2. The van der Waals surface area contributed by atoms with Crippen molar-refractivity contribution < 1.29 is 9.47 Å². The lowest BCUT2D eigenvalue weighted by Gasteiger charge is -2.09. The van der Waals surface area contributed by atoms with Gasteiger partial charge in [0, 0.05) is 7.11 Å². The van der Waals surface area contributed by atoms with Gasteiger partial charge in [-0.25, -0.2) is 0 Å². The van der Waals surface area contributed by atoms with Crippen LogP contribution >= 0.6 is 11.6 Å². The maximum absolute atomic E-state index is 5.95. The standard InChI is InChI=1S/C15H15ClO2/c1-17-15(16)13-7-9-14(10-8-13)18-11-12-5-3-2-4-6-12/h2-10,15H,11H2,1H3. The van der Waals surface area contributed by atoms with Crippen molar-refractivity contribution in [3.8, 4) is 5.75 Å². The molecule has 1 unspecified atom stereocenters. The second-order valence-electron chi connectivity index (χ2n) is 3.90. The first-order chi connectivity index (χ1) is 8.79. The number of hydrogen-bond acceptors (Lipinski definition) is 2. The Balaban J connectivity index is 1.94. The van der Waals surface area contributed by atoms with Gasteiger partial charge in [-0.15, -0.1) is 0 Å². The van der Waals surface area contributed by atoms with Crippen LogP contribution in [0.15, 0.2) is 54.6 Å². The van der Waals surface area contributed by atoms with Gasteiger partial charge in [0.05, 0.1) is 0 Å². The van der Waals surface area contributed by atoms with E-state index in [0.29, 0.717) is 6.61 Å². The van der Waals surface area contributed by atoms with Crippen molar-refractivity contribution in [2.45, 2.75) is 12.2 Å². The first-order valence-electron chi connectivity index (χ1n) is 5.73. The number of hydrogen-bond donors (Lipinski definition) is 0. The molecule has 0 heterocycles. The van der Waals surface area contributed by atoms with Crippen molar-refractivity contribution in [2.75, 3.05) is 7.11 Å². The Kier molecular flexibility index (Phi) is 4.62. The van der Waals surface area contributed by atoms with Crippen molar-refractivity contribution in [3.63, 3.8) is 0 Å². The molecule has 0 saturated heterocycles. The highest BCUT2D eigenvalue weighted by molar-refractivity contribution is 6.19. The lowest BCUT2D eigenvalue weighted by Crippen LogP contribution is -1.96. The van der Waals surface area contributed by atoms with Crippen LogP contribution in [0.5, 0.6) is 5.75 Å². The van der Waals surface area contributed by atoms with E-state index < -0.39 is 5.56 Å². The molecule has 0 fully saturated rings. The predicted octanol–water partition coefficient (Wildman–Crippen LogP) is 4.15. The van der Waals surface area contributed by atoms with Gasteiger partial charge in [-0.1, -0.05) is 54.1 Å². The average Bonchev–Trinajstić information content (AvgIpc) is 2.46. The zero-order chi connectivity index (χ0) is 12.8. The molecule has 2 aromatic carbocycles. The lowest BCUT2D eigenvalue weighted by molar-refractivity contribution is 0.169. The van der Waals surface area contributed by atoms with E-state index in [1.54, 1.807) is 7.11 Å². The summed E-state index contributed by atoms with van der Waals surface area (Å²) in [6, 6.07) is 17.7. The number of ether oxygens (including phenoxy) is 2. The van der Waals surface area contributed by atoms with Crippen molar-refractivity contribution in [2.24, 2.45) is 0 Å². The van der Waals surface area contributed by atoms with Crippen LogP contribution in [0.3, 0.4) is 0 Å². The fraction of sp³-hybridized carbons (Fsp3) is 0.200. The van der Waals surface area contributed by atoms with Crippen molar-refractivity contribution >= 4 is 11.6 Å². The zero-order valence-electron chi connectivity index (χ0n) is 10.2. The molecule has 3 heteroatoms. The number of alkyl halides is 1. The minimum Gasteiger partial charge on any atom is -0.489 e. The molecule has 0 radical (unpaired) electrons. The van der Waals surface area contributed by atoms with Crippen LogP contribution in [0.1, 0.15) is 16.7 Å². The average molecular weight is 263 g/mol. The van der Waals surface area contributed by atoms with Crippen molar-refractivity contribution in [3.05, 3.63) is 65.7 Å². The number of halogens is 1. The van der Waals surface area contributed by atoms with Crippen LogP contribution in [0.25, 0.3) is 0 Å². The van der Waals surface area contributed by atoms with Crippen molar-refractivity contribution in [1.29, 1.82) is 0 Å². The molecule has 2 rings (SSSR count). The van der Waals surface area contributed by atoms with Gasteiger partial charge >= 0.3 is 0 Å². The first kappa shape index (κ1) is 12.9. The smallest absolute Gasteiger partial charge is 0.156 e. The quantitative estimate of drug-likeness (QED) is 0.754. The molecule has 18 heavy (non-hydrogen) atoms. The molecular formula is C15H15ClO2. The van der Waals surface area contributed by atoms with E-state index in [0.717, 1.165) is 16.9 Å². The van der Waals surface area contributed by atoms with Crippen LogP contribution in [-0.4, -0.2) is 7.11 Å². The molecule has 0 aliphatic carbocycles. The topological polar surface area (TPSA) is 18.5 Å². The zero-order valence-corrected chi connectivity index (χ0v) is 10.9. The van der Waals surface area contributed by atoms with E-state index in [1.807, 2.05) is 54.6 Å². The Labute approximate surface area is 112 Å². The molecule has 0 aliphatic rings. The van der Waals surface area contributed by atoms with Crippen molar-refractivity contribution in [1.82, 2.24) is 0 Å².